The molecule has 0 aromatic rings. The summed E-state index contributed by atoms with van der Waals surface area (Å²) in [6.45, 7) is 0. The third kappa shape index (κ3) is 28.8. The van der Waals surface area contributed by atoms with Crippen LogP contribution in [-0.2, 0) is 75.0 Å². The molecule has 38 valence electrons. The molecule has 0 bridgehead atoms. The largest absolute Gasteiger partial charge is 2.00 e. The van der Waals surface area contributed by atoms with E-state index in [9.17, 15) is 0 Å². The first kappa shape index (κ1) is 67.0. The molecule has 6 heavy (non-hydrogen) atoms. The maximum Gasteiger partial charge on any atom is 2.00 e. The Bertz CT molecular complexity index is 7.51. The van der Waals surface area contributed by atoms with E-state index in [1.807, 2.05) is 0 Å². The molecule has 0 aliphatic heterocycles. The minimum atomic E-state index is 0. The first-order valence-electron chi connectivity index (χ1n) is 0. The molecule has 0 aliphatic rings. The van der Waals surface area contributed by atoms with Gasteiger partial charge in [0, 0.05) is 21.1 Å². The van der Waals surface area contributed by atoms with E-state index in [4.69, 9.17) is 0 Å². The van der Waals surface area contributed by atoms with Gasteiger partial charge in [-0.1, -0.05) is 0 Å². The van der Waals surface area contributed by atoms with Crippen molar-refractivity contribution in [1.82, 2.24) is 0 Å². The average Bonchev–Trinajstić information content (AvgIpc) is 0. The predicted octanol–water partition coefficient (Wildman–Crippen LogP) is -0.393. The van der Waals surface area contributed by atoms with Crippen LogP contribution in [0.4, 0.5) is 0 Å². The van der Waals surface area contributed by atoms with E-state index >= 15 is 0 Å². The SMILES string of the molecule is [Mg+2].[Mo].[S-2].[S-2].[S-2].[S-2]. The van der Waals surface area contributed by atoms with E-state index < -0.39 is 0 Å². The second-order valence-corrected chi connectivity index (χ2v) is 0. The van der Waals surface area contributed by atoms with E-state index in [2.05, 4.69) is 0 Å². The summed E-state index contributed by atoms with van der Waals surface area (Å²) < 4.78 is 0. The van der Waals surface area contributed by atoms with Gasteiger partial charge in [-0.2, -0.15) is 0 Å². The fourth-order valence-electron chi connectivity index (χ4n) is 0. The summed E-state index contributed by atoms with van der Waals surface area (Å²) in [6, 6.07) is 0. The fraction of sp³-hybridized carbons (Fsp3) is 0. The molecule has 0 fully saturated rings. The van der Waals surface area contributed by atoms with Gasteiger partial charge in [-0.15, -0.1) is 0 Å². The molecule has 0 aromatic heterocycles. The molecular weight excluding hydrogens is 249 g/mol. The van der Waals surface area contributed by atoms with Gasteiger partial charge in [0.25, 0.3) is 0 Å². The predicted molar refractivity (Wildman–Crippen MR) is 35.2 cm³/mol. The number of rotatable bonds is 0. The van der Waals surface area contributed by atoms with Crippen LogP contribution in [0.15, 0.2) is 0 Å². The Kier molecular flexibility index (Phi) is 506. The molecule has 0 aliphatic carbocycles. The van der Waals surface area contributed by atoms with Gasteiger partial charge in [0.2, 0.25) is 0 Å². The Morgan fingerprint density at radius 3 is 0.500 bits per heavy atom. The summed E-state index contributed by atoms with van der Waals surface area (Å²) in [5.74, 6) is 0. The third-order valence-corrected chi connectivity index (χ3v) is 0. The number of hydrogen-bond donors (Lipinski definition) is 0. The van der Waals surface area contributed by atoms with Crippen LogP contribution in [-0.4, -0.2) is 23.1 Å². The maximum absolute atomic E-state index is 0. The first-order chi connectivity index (χ1) is 0. The van der Waals surface area contributed by atoms with E-state index in [0.717, 1.165) is 0 Å². The smallest absolute Gasteiger partial charge is 2.00 e. The van der Waals surface area contributed by atoms with Gasteiger partial charge < -0.3 is 54.0 Å². The monoisotopic (exact) mass is 250 g/mol. The Balaban J connectivity index is 0. The maximum atomic E-state index is 0. The molecule has 0 rings (SSSR count). The summed E-state index contributed by atoms with van der Waals surface area (Å²) in [5.41, 5.74) is 0. The number of hydrogen-bond acceptors (Lipinski definition) is 0. The van der Waals surface area contributed by atoms with Crippen LogP contribution in [0.1, 0.15) is 0 Å². The normalized spacial score (nSPS) is 0. The van der Waals surface area contributed by atoms with Gasteiger partial charge in [-0.3, -0.25) is 0 Å². The molecule has 6 heteroatoms. The van der Waals surface area contributed by atoms with Gasteiger partial charge in [-0.05, 0) is 0 Å². The Hall–Kier alpha value is 2.85. The molecule has 0 heterocycles. The second kappa shape index (κ2) is 45.3. The zero-order chi connectivity index (χ0) is 0. The molecule has 0 nitrogen and oxygen atoms in total. The van der Waals surface area contributed by atoms with Gasteiger partial charge >= 0.3 is 23.1 Å². The zero-order valence-corrected chi connectivity index (χ0v) is 9.44. The van der Waals surface area contributed by atoms with Crippen LogP contribution in [0.5, 0.6) is 0 Å². The Morgan fingerprint density at radius 2 is 0.500 bits per heavy atom. The van der Waals surface area contributed by atoms with Crippen molar-refractivity contribution in [3.63, 3.8) is 0 Å². The van der Waals surface area contributed by atoms with E-state index in [1.54, 1.807) is 0 Å². The molecule has 0 amide bonds. The van der Waals surface area contributed by atoms with Crippen molar-refractivity contribution in [3.05, 3.63) is 0 Å². The van der Waals surface area contributed by atoms with Crippen molar-refractivity contribution < 1.29 is 21.1 Å². The van der Waals surface area contributed by atoms with Gasteiger partial charge in [0.05, 0.1) is 0 Å². The van der Waals surface area contributed by atoms with Crippen molar-refractivity contribution in [3.8, 4) is 0 Å². The molecular formula is MgMoS4-6. The summed E-state index contributed by atoms with van der Waals surface area (Å²) in [7, 11) is 0. The van der Waals surface area contributed by atoms with Crippen molar-refractivity contribution in [2.45, 2.75) is 0 Å². The molecule has 0 saturated carbocycles. The second-order valence-electron chi connectivity index (χ2n) is 0. The average molecular weight is 249 g/mol. The Labute approximate surface area is 96.8 Å². The van der Waals surface area contributed by atoms with Crippen molar-refractivity contribution in [2.75, 3.05) is 0 Å². The molecule has 0 spiro atoms. The molecule has 0 atom stereocenters. The van der Waals surface area contributed by atoms with E-state index in [0.29, 0.717) is 0 Å². The van der Waals surface area contributed by atoms with Gasteiger partial charge in [0.1, 0.15) is 0 Å². The summed E-state index contributed by atoms with van der Waals surface area (Å²) in [6.07, 6.45) is 0. The van der Waals surface area contributed by atoms with E-state index in [1.165, 1.54) is 0 Å². The van der Waals surface area contributed by atoms with Crippen LogP contribution in [0.3, 0.4) is 0 Å². The summed E-state index contributed by atoms with van der Waals surface area (Å²) in [4.78, 5) is 0. The van der Waals surface area contributed by atoms with Crippen LogP contribution < -0.4 is 0 Å². The zero-order valence-electron chi connectivity index (χ0n) is 2.75. The van der Waals surface area contributed by atoms with E-state index in [-0.39, 0.29) is 98.1 Å². The quantitative estimate of drug-likeness (QED) is 0.512. The van der Waals surface area contributed by atoms with Gasteiger partial charge in [-0.25, -0.2) is 0 Å². The van der Waals surface area contributed by atoms with Crippen LogP contribution in [0.2, 0.25) is 0 Å². The minimum Gasteiger partial charge on any atom is -2.00 e. The fourth-order valence-corrected chi connectivity index (χ4v) is 0. The van der Waals surface area contributed by atoms with Crippen LogP contribution >= 0.6 is 0 Å². The van der Waals surface area contributed by atoms with Gasteiger partial charge in [0.15, 0.2) is 0 Å². The van der Waals surface area contributed by atoms with Crippen molar-refractivity contribution >= 4 is 77.0 Å². The molecule has 0 saturated heterocycles. The summed E-state index contributed by atoms with van der Waals surface area (Å²) in [5, 5.41) is 0. The topological polar surface area (TPSA) is 0 Å². The molecule has 0 aromatic carbocycles. The minimum absolute atomic E-state index is 0. The van der Waals surface area contributed by atoms with Crippen molar-refractivity contribution in [2.24, 2.45) is 0 Å². The molecule has 0 N–H and O–H groups in total. The third-order valence-electron chi connectivity index (χ3n) is 0. The standard InChI is InChI=1S/Mg.Mo.4S/q+2;;4*-2. The van der Waals surface area contributed by atoms with Crippen LogP contribution in [0.25, 0.3) is 0 Å². The van der Waals surface area contributed by atoms with Crippen LogP contribution in [0, 0.1) is 0 Å². The Morgan fingerprint density at radius 1 is 0.500 bits per heavy atom. The van der Waals surface area contributed by atoms with Crippen molar-refractivity contribution in [1.29, 1.82) is 0 Å². The molecule has 0 unspecified atom stereocenters. The summed E-state index contributed by atoms with van der Waals surface area (Å²) >= 11 is 0. The first-order valence-corrected chi connectivity index (χ1v) is 0. The molecule has 0 radical (unpaired) electrons.